The third-order valence-electron chi connectivity index (χ3n) is 2.67. The van der Waals surface area contributed by atoms with E-state index in [2.05, 4.69) is 5.32 Å². The maximum absolute atomic E-state index is 12.0. The molecule has 0 saturated carbocycles. The van der Waals surface area contributed by atoms with Gasteiger partial charge in [0.05, 0.1) is 23.4 Å². The molecule has 88 valence electrons. The Morgan fingerprint density at radius 2 is 2.19 bits per heavy atom. The Kier molecular flexibility index (Phi) is 2.80. The van der Waals surface area contributed by atoms with Crippen LogP contribution in [-0.2, 0) is 9.84 Å². The first-order chi connectivity index (χ1) is 7.53. The van der Waals surface area contributed by atoms with Crippen LogP contribution in [0.3, 0.4) is 0 Å². The van der Waals surface area contributed by atoms with Gasteiger partial charge < -0.3 is 10.1 Å². The van der Waals surface area contributed by atoms with Gasteiger partial charge in [0.25, 0.3) is 0 Å². The SMILES string of the molecule is COc1ccc2c(c1)NCC(C)CS2(=O)=O. The number of hydrogen-bond acceptors (Lipinski definition) is 4. The van der Waals surface area contributed by atoms with Gasteiger partial charge in [-0.1, -0.05) is 6.92 Å². The maximum Gasteiger partial charge on any atom is 0.180 e. The van der Waals surface area contributed by atoms with Crippen molar-refractivity contribution in [3.05, 3.63) is 18.2 Å². The van der Waals surface area contributed by atoms with Crippen LogP contribution in [0.1, 0.15) is 6.92 Å². The predicted molar refractivity (Wildman–Crippen MR) is 62.7 cm³/mol. The largest absolute Gasteiger partial charge is 0.497 e. The summed E-state index contributed by atoms with van der Waals surface area (Å²) >= 11 is 0. The molecule has 0 radical (unpaired) electrons. The van der Waals surface area contributed by atoms with Crippen molar-refractivity contribution in [3.63, 3.8) is 0 Å². The highest BCUT2D eigenvalue weighted by atomic mass is 32.2. The standard InChI is InChI=1S/C11H15NO3S/c1-8-6-12-10-5-9(15-2)3-4-11(10)16(13,14)7-8/h3-5,8,12H,6-7H2,1-2H3. The van der Waals surface area contributed by atoms with Crippen molar-refractivity contribution in [2.75, 3.05) is 24.7 Å². The van der Waals surface area contributed by atoms with Crippen LogP contribution in [0.4, 0.5) is 5.69 Å². The van der Waals surface area contributed by atoms with Gasteiger partial charge in [-0.25, -0.2) is 8.42 Å². The Bertz CT molecular complexity index is 496. The zero-order chi connectivity index (χ0) is 11.8. The lowest BCUT2D eigenvalue weighted by atomic mass is 10.2. The van der Waals surface area contributed by atoms with Gasteiger partial charge >= 0.3 is 0 Å². The van der Waals surface area contributed by atoms with Crippen molar-refractivity contribution >= 4 is 15.5 Å². The van der Waals surface area contributed by atoms with Crippen molar-refractivity contribution in [3.8, 4) is 5.75 Å². The highest BCUT2D eigenvalue weighted by Gasteiger charge is 2.25. The molecule has 0 bridgehead atoms. The summed E-state index contributed by atoms with van der Waals surface area (Å²) in [6.07, 6.45) is 0. The first kappa shape index (κ1) is 11.3. The summed E-state index contributed by atoms with van der Waals surface area (Å²) in [7, 11) is -1.61. The topological polar surface area (TPSA) is 55.4 Å². The van der Waals surface area contributed by atoms with Crippen molar-refractivity contribution in [1.29, 1.82) is 0 Å². The summed E-state index contributed by atoms with van der Waals surface area (Å²) in [6.45, 7) is 2.59. The molecule has 1 aliphatic rings. The second kappa shape index (κ2) is 3.97. The number of rotatable bonds is 1. The first-order valence-electron chi connectivity index (χ1n) is 5.17. The molecular formula is C11H15NO3S. The summed E-state index contributed by atoms with van der Waals surface area (Å²) in [5, 5.41) is 3.15. The fraction of sp³-hybridized carbons (Fsp3) is 0.455. The quantitative estimate of drug-likeness (QED) is 0.810. The van der Waals surface area contributed by atoms with E-state index in [1.54, 1.807) is 25.3 Å². The van der Waals surface area contributed by atoms with E-state index in [0.717, 1.165) is 0 Å². The van der Waals surface area contributed by atoms with E-state index in [0.29, 0.717) is 22.9 Å². The van der Waals surface area contributed by atoms with E-state index in [-0.39, 0.29) is 11.7 Å². The van der Waals surface area contributed by atoms with E-state index < -0.39 is 9.84 Å². The molecule has 16 heavy (non-hydrogen) atoms. The minimum absolute atomic E-state index is 0.114. The number of anilines is 1. The van der Waals surface area contributed by atoms with Gasteiger partial charge in [0.2, 0.25) is 0 Å². The summed E-state index contributed by atoms with van der Waals surface area (Å²) in [4.78, 5) is 0.373. The van der Waals surface area contributed by atoms with Gasteiger partial charge in [-0.2, -0.15) is 0 Å². The molecule has 0 aromatic heterocycles. The maximum atomic E-state index is 12.0. The molecular weight excluding hydrogens is 226 g/mol. The summed E-state index contributed by atoms with van der Waals surface area (Å²) < 4.78 is 29.1. The van der Waals surface area contributed by atoms with Crippen LogP contribution in [0.15, 0.2) is 23.1 Å². The number of benzene rings is 1. The van der Waals surface area contributed by atoms with Gasteiger partial charge in [-0.15, -0.1) is 0 Å². The minimum Gasteiger partial charge on any atom is -0.497 e. The van der Waals surface area contributed by atoms with Crippen LogP contribution in [-0.4, -0.2) is 27.8 Å². The molecule has 1 N–H and O–H groups in total. The number of methoxy groups -OCH3 is 1. The molecule has 0 fully saturated rings. The smallest absolute Gasteiger partial charge is 0.180 e. The van der Waals surface area contributed by atoms with E-state index in [1.165, 1.54) is 0 Å². The lowest BCUT2D eigenvalue weighted by Gasteiger charge is -2.09. The molecule has 0 spiro atoms. The zero-order valence-electron chi connectivity index (χ0n) is 9.36. The summed E-state index contributed by atoms with van der Waals surface area (Å²) in [5.74, 6) is 0.971. The van der Waals surface area contributed by atoms with Gasteiger partial charge in [0.15, 0.2) is 9.84 Å². The van der Waals surface area contributed by atoms with Crippen LogP contribution < -0.4 is 10.1 Å². The number of fused-ring (bicyclic) bond motifs is 1. The lowest BCUT2D eigenvalue weighted by Crippen LogP contribution is -2.15. The van der Waals surface area contributed by atoms with Crippen LogP contribution in [0, 0.1) is 5.92 Å². The normalized spacial score (nSPS) is 22.8. The van der Waals surface area contributed by atoms with Gasteiger partial charge in [0.1, 0.15) is 5.75 Å². The average Bonchev–Trinajstić information content (AvgIpc) is 2.35. The summed E-state index contributed by atoms with van der Waals surface area (Å²) in [6, 6.07) is 5.01. The molecule has 1 aromatic carbocycles. The Labute approximate surface area is 95.5 Å². The van der Waals surface area contributed by atoms with Crippen LogP contribution in [0.25, 0.3) is 0 Å². The molecule has 5 heteroatoms. The second-order valence-electron chi connectivity index (χ2n) is 4.13. The Morgan fingerprint density at radius 3 is 2.88 bits per heavy atom. The highest BCUT2D eigenvalue weighted by Crippen LogP contribution is 2.30. The monoisotopic (exact) mass is 241 g/mol. The Balaban J connectivity index is 2.54. The second-order valence-corrected chi connectivity index (χ2v) is 6.13. The Morgan fingerprint density at radius 1 is 1.44 bits per heavy atom. The van der Waals surface area contributed by atoms with Gasteiger partial charge in [-0.3, -0.25) is 0 Å². The fourth-order valence-electron chi connectivity index (χ4n) is 1.85. The van der Waals surface area contributed by atoms with E-state index in [4.69, 9.17) is 4.74 Å². The van der Waals surface area contributed by atoms with Crippen LogP contribution in [0.2, 0.25) is 0 Å². The number of ether oxygens (including phenoxy) is 1. The molecule has 0 aliphatic carbocycles. The first-order valence-corrected chi connectivity index (χ1v) is 6.83. The number of hydrogen-bond donors (Lipinski definition) is 1. The van der Waals surface area contributed by atoms with Crippen molar-refractivity contribution < 1.29 is 13.2 Å². The lowest BCUT2D eigenvalue weighted by molar-refractivity contribution is 0.414. The van der Waals surface area contributed by atoms with Crippen LogP contribution in [0.5, 0.6) is 5.75 Å². The fourth-order valence-corrected chi connectivity index (χ4v) is 3.64. The van der Waals surface area contributed by atoms with Gasteiger partial charge in [0, 0.05) is 12.6 Å². The molecule has 2 rings (SSSR count). The predicted octanol–water partition coefficient (Wildman–Crippen LogP) is 1.53. The number of nitrogens with one attached hydrogen (secondary N) is 1. The van der Waals surface area contributed by atoms with E-state index in [1.807, 2.05) is 6.92 Å². The molecule has 0 saturated heterocycles. The summed E-state index contributed by atoms with van der Waals surface area (Å²) in [5.41, 5.74) is 0.642. The number of sulfone groups is 1. The zero-order valence-corrected chi connectivity index (χ0v) is 10.2. The third kappa shape index (κ3) is 2.00. The molecule has 1 unspecified atom stereocenters. The van der Waals surface area contributed by atoms with Crippen LogP contribution >= 0.6 is 0 Å². The van der Waals surface area contributed by atoms with Crippen molar-refractivity contribution in [2.45, 2.75) is 11.8 Å². The highest BCUT2D eigenvalue weighted by molar-refractivity contribution is 7.91. The third-order valence-corrected chi connectivity index (χ3v) is 4.70. The average molecular weight is 241 g/mol. The van der Waals surface area contributed by atoms with Crippen molar-refractivity contribution in [1.82, 2.24) is 0 Å². The van der Waals surface area contributed by atoms with E-state index >= 15 is 0 Å². The molecule has 1 heterocycles. The minimum atomic E-state index is -3.17. The van der Waals surface area contributed by atoms with E-state index in [9.17, 15) is 8.42 Å². The molecule has 4 nitrogen and oxygen atoms in total. The van der Waals surface area contributed by atoms with Gasteiger partial charge in [-0.05, 0) is 18.1 Å². The molecule has 1 aliphatic heterocycles. The Hall–Kier alpha value is -1.23. The van der Waals surface area contributed by atoms with Crippen molar-refractivity contribution in [2.24, 2.45) is 5.92 Å². The molecule has 1 aromatic rings. The molecule has 0 amide bonds. The molecule has 1 atom stereocenters.